The maximum absolute atomic E-state index is 13.9. The molecular weight excluding hydrogens is 377 g/mol. The van der Waals surface area contributed by atoms with Gasteiger partial charge in [-0.3, -0.25) is 4.98 Å². The van der Waals surface area contributed by atoms with Gasteiger partial charge in [0.1, 0.15) is 22.5 Å². The van der Waals surface area contributed by atoms with Crippen molar-refractivity contribution in [2.24, 2.45) is 0 Å². The molecule has 0 spiro atoms. The van der Waals surface area contributed by atoms with Gasteiger partial charge in [-0.2, -0.15) is 9.61 Å². The van der Waals surface area contributed by atoms with Crippen LogP contribution >= 0.6 is 11.6 Å². The molecule has 1 N–H and O–H groups in total. The Hall–Kier alpha value is -2.99. The largest absolute Gasteiger partial charge is 0.366 e. The summed E-state index contributed by atoms with van der Waals surface area (Å²) in [5.41, 5.74) is 3.93. The van der Waals surface area contributed by atoms with E-state index >= 15 is 0 Å². The zero-order valence-corrected chi connectivity index (χ0v) is 16.3. The summed E-state index contributed by atoms with van der Waals surface area (Å²) in [6, 6.07) is 12.4. The minimum atomic E-state index is -0.332. The van der Waals surface area contributed by atoms with Gasteiger partial charge < -0.3 is 5.32 Å². The van der Waals surface area contributed by atoms with Crippen LogP contribution in [0.3, 0.4) is 0 Å². The number of fused-ring (bicyclic) bond motifs is 1. The third-order valence-electron chi connectivity index (χ3n) is 4.55. The average molecular weight is 396 g/mol. The second-order valence-electron chi connectivity index (χ2n) is 6.84. The highest BCUT2D eigenvalue weighted by molar-refractivity contribution is 6.29. The summed E-state index contributed by atoms with van der Waals surface area (Å²) >= 11 is 6.21. The van der Waals surface area contributed by atoms with Crippen LogP contribution in [0, 0.1) is 5.82 Å². The molecular formula is C21H19ClFN5. The van der Waals surface area contributed by atoms with E-state index < -0.39 is 0 Å². The van der Waals surface area contributed by atoms with Crippen LogP contribution in [-0.4, -0.2) is 19.6 Å². The number of aromatic nitrogens is 4. The lowest BCUT2D eigenvalue weighted by Crippen LogP contribution is -2.06. The first-order valence-electron chi connectivity index (χ1n) is 9.01. The van der Waals surface area contributed by atoms with Gasteiger partial charge in [-0.25, -0.2) is 9.37 Å². The van der Waals surface area contributed by atoms with Gasteiger partial charge in [0.05, 0.1) is 6.20 Å². The molecule has 4 rings (SSSR count). The Balaban J connectivity index is 1.56. The average Bonchev–Trinajstić information content (AvgIpc) is 3.11. The van der Waals surface area contributed by atoms with Gasteiger partial charge in [-0.05, 0) is 23.6 Å². The molecule has 0 aliphatic carbocycles. The summed E-state index contributed by atoms with van der Waals surface area (Å²) in [6.07, 6.45) is 3.41. The van der Waals surface area contributed by atoms with Gasteiger partial charge in [0.2, 0.25) is 0 Å². The summed E-state index contributed by atoms with van der Waals surface area (Å²) in [5, 5.41) is 8.21. The van der Waals surface area contributed by atoms with Crippen LogP contribution in [0.5, 0.6) is 0 Å². The number of pyridine rings is 1. The number of rotatable bonds is 5. The van der Waals surface area contributed by atoms with Crippen molar-refractivity contribution in [2.45, 2.75) is 26.3 Å². The molecule has 4 aromatic rings. The lowest BCUT2D eigenvalue weighted by molar-refractivity contribution is 0.626. The highest BCUT2D eigenvalue weighted by Gasteiger charge is 2.13. The molecule has 142 valence electrons. The van der Waals surface area contributed by atoms with E-state index in [2.05, 4.69) is 34.2 Å². The molecule has 7 heteroatoms. The fraction of sp³-hybridized carbons (Fsp3) is 0.190. The summed E-state index contributed by atoms with van der Waals surface area (Å²) in [6.45, 7) is 4.76. The van der Waals surface area contributed by atoms with Crippen LogP contribution in [0.1, 0.15) is 30.9 Å². The monoisotopic (exact) mass is 395 g/mol. The number of halogens is 2. The van der Waals surface area contributed by atoms with Crippen LogP contribution in [-0.2, 0) is 6.54 Å². The van der Waals surface area contributed by atoms with Crippen LogP contribution in [0.2, 0.25) is 5.15 Å². The molecule has 0 fully saturated rings. The third kappa shape index (κ3) is 3.55. The number of benzene rings is 1. The molecule has 3 aromatic heterocycles. The van der Waals surface area contributed by atoms with Gasteiger partial charge >= 0.3 is 0 Å². The van der Waals surface area contributed by atoms with Crippen LogP contribution in [0.4, 0.5) is 10.2 Å². The van der Waals surface area contributed by atoms with Crippen molar-refractivity contribution in [2.75, 3.05) is 5.32 Å². The van der Waals surface area contributed by atoms with Crippen molar-refractivity contribution < 1.29 is 4.39 Å². The second-order valence-corrected chi connectivity index (χ2v) is 7.23. The van der Waals surface area contributed by atoms with E-state index in [0.29, 0.717) is 23.3 Å². The lowest BCUT2D eigenvalue weighted by Gasteiger charge is -2.10. The molecule has 0 saturated heterocycles. The Morgan fingerprint density at radius 1 is 1.18 bits per heavy atom. The normalized spacial score (nSPS) is 11.3. The summed E-state index contributed by atoms with van der Waals surface area (Å²) in [4.78, 5) is 8.52. The predicted octanol–water partition coefficient (Wildman–Crippen LogP) is 5.32. The maximum Gasteiger partial charge on any atom is 0.162 e. The molecule has 0 aliphatic rings. The first-order valence-corrected chi connectivity index (χ1v) is 9.38. The third-order valence-corrected chi connectivity index (χ3v) is 4.74. The van der Waals surface area contributed by atoms with E-state index in [4.69, 9.17) is 11.6 Å². The maximum atomic E-state index is 13.9. The Bertz CT molecular complexity index is 1120. The fourth-order valence-electron chi connectivity index (χ4n) is 3.05. The zero-order chi connectivity index (χ0) is 19.7. The smallest absolute Gasteiger partial charge is 0.162 e. The number of hydrogen-bond acceptors (Lipinski definition) is 4. The molecule has 0 amide bonds. The number of nitrogens with one attached hydrogen (secondary N) is 1. The molecule has 0 aliphatic heterocycles. The van der Waals surface area contributed by atoms with Crippen molar-refractivity contribution in [3.8, 4) is 11.3 Å². The topological polar surface area (TPSA) is 55.1 Å². The molecule has 0 atom stereocenters. The molecule has 5 nitrogen and oxygen atoms in total. The number of nitrogens with zero attached hydrogens (tertiary/aromatic N) is 4. The molecule has 3 heterocycles. The van der Waals surface area contributed by atoms with Crippen molar-refractivity contribution in [1.82, 2.24) is 19.6 Å². The quantitative estimate of drug-likeness (QED) is 0.465. The number of anilines is 1. The molecule has 28 heavy (non-hydrogen) atoms. The van der Waals surface area contributed by atoms with Crippen molar-refractivity contribution in [3.63, 3.8) is 0 Å². The second kappa shape index (κ2) is 7.56. The zero-order valence-electron chi connectivity index (χ0n) is 15.5. The van der Waals surface area contributed by atoms with E-state index in [1.54, 1.807) is 22.8 Å². The van der Waals surface area contributed by atoms with Gasteiger partial charge in [0.25, 0.3) is 0 Å². The molecule has 0 saturated carbocycles. The minimum absolute atomic E-state index is 0.302. The SMILES string of the molecule is CC(C)c1cnn2c(NCc3ccc(-c4ncccc4F)cc3)cc(Cl)nc12. The van der Waals surface area contributed by atoms with Gasteiger partial charge in [0.15, 0.2) is 5.65 Å². The number of hydrogen-bond donors (Lipinski definition) is 1. The first kappa shape index (κ1) is 18.4. The van der Waals surface area contributed by atoms with Crippen molar-refractivity contribution in [1.29, 1.82) is 0 Å². The van der Waals surface area contributed by atoms with Crippen LogP contribution in [0.25, 0.3) is 16.9 Å². The highest BCUT2D eigenvalue weighted by Crippen LogP contribution is 2.25. The van der Waals surface area contributed by atoms with Crippen LogP contribution < -0.4 is 5.32 Å². The van der Waals surface area contributed by atoms with Gasteiger partial charge in [-0.15, -0.1) is 0 Å². The van der Waals surface area contributed by atoms with Crippen LogP contribution in [0.15, 0.2) is 54.9 Å². The predicted molar refractivity (Wildman–Crippen MR) is 109 cm³/mol. The van der Waals surface area contributed by atoms with Crippen molar-refractivity contribution >= 4 is 23.1 Å². The van der Waals surface area contributed by atoms with E-state index in [0.717, 1.165) is 28.2 Å². The fourth-order valence-corrected chi connectivity index (χ4v) is 3.24. The molecule has 0 bridgehead atoms. The summed E-state index contributed by atoms with van der Waals surface area (Å²) in [7, 11) is 0. The minimum Gasteiger partial charge on any atom is -0.366 e. The first-order chi connectivity index (χ1) is 13.5. The molecule has 1 aromatic carbocycles. The lowest BCUT2D eigenvalue weighted by atomic mass is 10.1. The summed E-state index contributed by atoms with van der Waals surface area (Å²) < 4.78 is 15.6. The Labute approximate surface area is 167 Å². The van der Waals surface area contributed by atoms with E-state index in [9.17, 15) is 4.39 Å². The Morgan fingerprint density at radius 3 is 2.68 bits per heavy atom. The summed E-state index contributed by atoms with van der Waals surface area (Å²) in [5.74, 6) is 0.736. The van der Waals surface area contributed by atoms with Crippen molar-refractivity contribution in [3.05, 3.63) is 77.0 Å². The Kier molecular flexibility index (Phi) is 4.96. The van der Waals surface area contributed by atoms with E-state index in [-0.39, 0.29) is 5.82 Å². The van der Waals surface area contributed by atoms with E-state index in [1.807, 2.05) is 30.5 Å². The molecule has 0 radical (unpaired) electrons. The standard InChI is InChI=1S/C21H19ClFN5/c1-13(2)16-12-26-28-19(10-18(22)27-21(16)28)25-11-14-5-7-15(8-6-14)20-17(23)4-3-9-24-20/h3-10,12-13,25H,11H2,1-2H3. The molecule has 0 unspecified atom stereocenters. The van der Waals surface area contributed by atoms with Gasteiger partial charge in [-0.1, -0.05) is 49.7 Å². The highest BCUT2D eigenvalue weighted by atomic mass is 35.5. The van der Waals surface area contributed by atoms with E-state index in [1.165, 1.54) is 6.07 Å². The van der Waals surface area contributed by atoms with Gasteiger partial charge in [0, 0.05) is 29.9 Å². The Morgan fingerprint density at radius 2 is 1.96 bits per heavy atom.